The molecule has 1 aromatic rings. The third kappa shape index (κ3) is 3.65. The van der Waals surface area contributed by atoms with E-state index in [1.807, 2.05) is 0 Å². The smallest absolute Gasteiger partial charge is 0.216 e. The van der Waals surface area contributed by atoms with Crippen LogP contribution in [0.2, 0.25) is 0 Å². The zero-order valence-electron chi connectivity index (χ0n) is 8.42. The molecule has 0 saturated carbocycles. The van der Waals surface area contributed by atoms with Gasteiger partial charge in [0.15, 0.2) is 0 Å². The van der Waals surface area contributed by atoms with Gasteiger partial charge >= 0.3 is 0 Å². The summed E-state index contributed by atoms with van der Waals surface area (Å²) in [6, 6.07) is 3.23. The number of carbonyl (C=O) groups is 1. The molecule has 0 aliphatic rings. The van der Waals surface area contributed by atoms with E-state index in [9.17, 15) is 15.0 Å². The van der Waals surface area contributed by atoms with Gasteiger partial charge in [-0.15, -0.1) is 0 Å². The molecule has 2 atom stereocenters. The molecule has 0 radical (unpaired) electrons. The number of aliphatic hydroxyl groups is 2. The Morgan fingerprint density at radius 3 is 2.60 bits per heavy atom. The second kappa shape index (κ2) is 5.43. The van der Waals surface area contributed by atoms with Crippen molar-refractivity contribution in [3.05, 3.63) is 30.1 Å². The van der Waals surface area contributed by atoms with E-state index in [4.69, 9.17) is 0 Å². The SMILES string of the molecule is CC(=O)NCC(O)C(O)c1ccncc1. The molecule has 15 heavy (non-hydrogen) atoms. The number of hydrogen-bond acceptors (Lipinski definition) is 4. The standard InChI is InChI=1S/C10H14N2O3/c1-7(13)12-6-9(14)10(15)8-2-4-11-5-3-8/h2-5,9-10,14-15H,6H2,1H3,(H,12,13). The third-order valence-corrected chi connectivity index (χ3v) is 1.97. The van der Waals surface area contributed by atoms with Crippen molar-refractivity contribution in [1.82, 2.24) is 10.3 Å². The van der Waals surface area contributed by atoms with Crippen molar-refractivity contribution in [3.63, 3.8) is 0 Å². The average molecular weight is 210 g/mol. The predicted octanol–water partition coefficient (Wildman–Crippen LogP) is -0.388. The van der Waals surface area contributed by atoms with E-state index in [0.29, 0.717) is 5.56 Å². The summed E-state index contributed by atoms with van der Waals surface area (Å²) in [6.07, 6.45) is 1.03. The van der Waals surface area contributed by atoms with E-state index in [1.165, 1.54) is 19.3 Å². The lowest BCUT2D eigenvalue weighted by atomic mass is 10.1. The Hall–Kier alpha value is -1.46. The predicted molar refractivity (Wildman–Crippen MR) is 53.9 cm³/mol. The number of aliphatic hydroxyl groups excluding tert-OH is 2. The van der Waals surface area contributed by atoms with Crippen molar-refractivity contribution in [3.8, 4) is 0 Å². The number of amides is 1. The van der Waals surface area contributed by atoms with Crippen molar-refractivity contribution in [2.75, 3.05) is 6.54 Å². The van der Waals surface area contributed by atoms with Gasteiger partial charge in [0.25, 0.3) is 0 Å². The van der Waals surface area contributed by atoms with E-state index in [-0.39, 0.29) is 12.5 Å². The van der Waals surface area contributed by atoms with Crippen LogP contribution in [-0.2, 0) is 4.79 Å². The number of rotatable bonds is 4. The molecular weight excluding hydrogens is 196 g/mol. The fourth-order valence-electron chi connectivity index (χ4n) is 1.14. The van der Waals surface area contributed by atoms with Crippen molar-refractivity contribution >= 4 is 5.91 Å². The lowest BCUT2D eigenvalue weighted by Crippen LogP contribution is -2.34. The fraction of sp³-hybridized carbons (Fsp3) is 0.400. The molecule has 0 aliphatic heterocycles. The number of carbonyl (C=O) groups excluding carboxylic acids is 1. The molecule has 0 bridgehead atoms. The number of nitrogens with zero attached hydrogens (tertiary/aromatic N) is 1. The molecule has 3 N–H and O–H groups in total. The number of hydrogen-bond donors (Lipinski definition) is 3. The summed E-state index contributed by atoms with van der Waals surface area (Å²) in [5, 5.41) is 21.6. The molecule has 82 valence electrons. The van der Waals surface area contributed by atoms with E-state index >= 15 is 0 Å². The highest BCUT2D eigenvalue weighted by molar-refractivity contribution is 5.72. The average Bonchev–Trinajstić information content (AvgIpc) is 2.26. The van der Waals surface area contributed by atoms with Crippen LogP contribution >= 0.6 is 0 Å². The number of pyridine rings is 1. The molecule has 5 nitrogen and oxygen atoms in total. The minimum absolute atomic E-state index is 0.0266. The molecule has 1 aromatic heterocycles. The summed E-state index contributed by atoms with van der Waals surface area (Å²) in [7, 11) is 0. The van der Waals surface area contributed by atoms with Crippen LogP contribution in [0.5, 0.6) is 0 Å². The summed E-state index contributed by atoms with van der Waals surface area (Å²) in [5.41, 5.74) is 0.572. The maximum Gasteiger partial charge on any atom is 0.216 e. The van der Waals surface area contributed by atoms with Gasteiger partial charge in [-0.1, -0.05) is 0 Å². The maximum absolute atomic E-state index is 10.6. The molecule has 5 heteroatoms. The highest BCUT2D eigenvalue weighted by Crippen LogP contribution is 2.14. The second-order valence-corrected chi connectivity index (χ2v) is 3.23. The summed E-state index contributed by atoms with van der Waals surface area (Å²) >= 11 is 0. The second-order valence-electron chi connectivity index (χ2n) is 3.23. The first-order valence-corrected chi connectivity index (χ1v) is 4.61. The Balaban J connectivity index is 2.53. The van der Waals surface area contributed by atoms with Crippen LogP contribution in [0.4, 0.5) is 0 Å². The van der Waals surface area contributed by atoms with Crippen LogP contribution in [0, 0.1) is 0 Å². The van der Waals surface area contributed by atoms with Crippen molar-refractivity contribution in [1.29, 1.82) is 0 Å². The first-order chi connectivity index (χ1) is 7.11. The molecule has 1 heterocycles. The van der Waals surface area contributed by atoms with Crippen LogP contribution in [0.3, 0.4) is 0 Å². The molecule has 0 saturated heterocycles. The first-order valence-electron chi connectivity index (χ1n) is 4.61. The highest BCUT2D eigenvalue weighted by Gasteiger charge is 2.17. The molecular formula is C10H14N2O3. The lowest BCUT2D eigenvalue weighted by Gasteiger charge is -2.17. The third-order valence-electron chi connectivity index (χ3n) is 1.97. The summed E-state index contributed by atoms with van der Waals surface area (Å²) < 4.78 is 0. The Labute approximate surface area is 87.8 Å². The van der Waals surface area contributed by atoms with E-state index < -0.39 is 12.2 Å². The fourth-order valence-corrected chi connectivity index (χ4v) is 1.14. The zero-order chi connectivity index (χ0) is 11.3. The van der Waals surface area contributed by atoms with Crippen molar-refractivity contribution in [2.45, 2.75) is 19.1 Å². The highest BCUT2D eigenvalue weighted by atomic mass is 16.3. The molecule has 1 amide bonds. The van der Waals surface area contributed by atoms with Gasteiger partial charge < -0.3 is 15.5 Å². The molecule has 0 aliphatic carbocycles. The van der Waals surface area contributed by atoms with Crippen molar-refractivity contribution < 1.29 is 15.0 Å². The first kappa shape index (κ1) is 11.6. The number of nitrogens with one attached hydrogen (secondary N) is 1. The van der Waals surface area contributed by atoms with Crippen LogP contribution < -0.4 is 5.32 Å². The molecule has 0 spiro atoms. The monoisotopic (exact) mass is 210 g/mol. The normalized spacial score (nSPS) is 14.3. The van der Waals surface area contributed by atoms with Gasteiger partial charge in [0.1, 0.15) is 12.2 Å². The van der Waals surface area contributed by atoms with Crippen LogP contribution in [-0.4, -0.2) is 33.8 Å². The van der Waals surface area contributed by atoms with Gasteiger partial charge in [0.05, 0.1) is 0 Å². The zero-order valence-corrected chi connectivity index (χ0v) is 8.42. The van der Waals surface area contributed by atoms with Crippen LogP contribution in [0.15, 0.2) is 24.5 Å². The molecule has 1 rings (SSSR count). The van der Waals surface area contributed by atoms with Gasteiger partial charge in [0.2, 0.25) is 5.91 Å². The Morgan fingerprint density at radius 1 is 1.47 bits per heavy atom. The van der Waals surface area contributed by atoms with E-state index in [0.717, 1.165) is 0 Å². The quantitative estimate of drug-likeness (QED) is 0.632. The molecule has 2 unspecified atom stereocenters. The topological polar surface area (TPSA) is 82.5 Å². The largest absolute Gasteiger partial charge is 0.388 e. The minimum atomic E-state index is -1.02. The Morgan fingerprint density at radius 2 is 2.07 bits per heavy atom. The van der Waals surface area contributed by atoms with Gasteiger partial charge in [-0.2, -0.15) is 0 Å². The van der Waals surface area contributed by atoms with Crippen LogP contribution in [0.25, 0.3) is 0 Å². The van der Waals surface area contributed by atoms with Gasteiger partial charge in [-0.05, 0) is 17.7 Å². The Bertz CT molecular complexity index is 316. The van der Waals surface area contributed by atoms with Gasteiger partial charge in [0, 0.05) is 25.9 Å². The minimum Gasteiger partial charge on any atom is -0.388 e. The van der Waals surface area contributed by atoms with Gasteiger partial charge in [-0.25, -0.2) is 0 Å². The molecule has 0 aromatic carbocycles. The number of aromatic nitrogens is 1. The summed E-state index contributed by atoms with van der Waals surface area (Å²) in [4.78, 5) is 14.4. The lowest BCUT2D eigenvalue weighted by molar-refractivity contribution is -0.119. The summed E-state index contributed by atoms with van der Waals surface area (Å²) in [5.74, 6) is -0.240. The Kier molecular flexibility index (Phi) is 4.20. The molecule has 0 fully saturated rings. The van der Waals surface area contributed by atoms with Crippen molar-refractivity contribution in [2.24, 2.45) is 0 Å². The van der Waals surface area contributed by atoms with Crippen LogP contribution in [0.1, 0.15) is 18.6 Å². The summed E-state index contributed by atoms with van der Waals surface area (Å²) in [6.45, 7) is 1.38. The van der Waals surface area contributed by atoms with E-state index in [2.05, 4.69) is 10.3 Å². The van der Waals surface area contributed by atoms with Gasteiger partial charge in [-0.3, -0.25) is 9.78 Å². The van der Waals surface area contributed by atoms with E-state index in [1.54, 1.807) is 12.1 Å². The maximum atomic E-state index is 10.6.